The smallest absolute Gasteiger partial charge is 0.415 e. The summed E-state index contributed by atoms with van der Waals surface area (Å²) in [6.07, 6.45) is 0.887. The quantitative estimate of drug-likeness (QED) is 0.407. The summed E-state index contributed by atoms with van der Waals surface area (Å²) in [6.45, 7) is 2.84. The maximum Gasteiger partial charge on any atom is 0.415 e. The predicted molar refractivity (Wildman–Crippen MR) is 63.8 cm³/mol. The lowest BCUT2D eigenvalue weighted by Crippen LogP contribution is -2.32. The monoisotopic (exact) mass is 258 g/mol. The number of likely N-dealkylation sites (N-methyl/N-ethyl adjacent to an activating group) is 1. The number of nitrogens with zero attached hydrogens (tertiary/aromatic N) is 1. The van der Waals surface area contributed by atoms with Crippen molar-refractivity contribution >= 4 is 18.0 Å². The maximum absolute atomic E-state index is 11.1. The lowest BCUT2D eigenvalue weighted by molar-refractivity contribution is -0.138. The van der Waals surface area contributed by atoms with E-state index in [0.717, 1.165) is 12.2 Å². The van der Waals surface area contributed by atoms with Gasteiger partial charge in [0, 0.05) is 25.2 Å². The van der Waals surface area contributed by atoms with Gasteiger partial charge in [0.25, 0.3) is 0 Å². The fraction of sp³-hybridized carbons (Fsp3) is 0.545. The predicted octanol–water partition coefficient (Wildman–Crippen LogP) is -0.0799. The van der Waals surface area contributed by atoms with Crippen LogP contribution in [0.25, 0.3) is 0 Å². The minimum Gasteiger partial charge on any atom is -0.463 e. The molecule has 0 fully saturated rings. The van der Waals surface area contributed by atoms with Crippen molar-refractivity contribution in [1.82, 2.24) is 10.2 Å². The zero-order valence-corrected chi connectivity index (χ0v) is 10.8. The SMILES string of the molecule is CCOC(=O)/C=C/C(=O)OC(=O)NCCN(C)C. The Morgan fingerprint density at radius 2 is 1.78 bits per heavy atom. The van der Waals surface area contributed by atoms with E-state index in [4.69, 9.17) is 0 Å². The minimum absolute atomic E-state index is 0.212. The van der Waals surface area contributed by atoms with Crippen molar-refractivity contribution in [3.8, 4) is 0 Å². The maximum atomic E-state index is 11.1. The Kier molecular flexibility index (Phi) is 8.21. The molecule has 1 N–H and O–H groups in total. The van der Waals surface area contributed by atoms with E-state index in [1.165, 1.54) is 0 Å². The standard InChI is InChI=1S/C11H18N2O5/c1-4-17-9(14)5-6-10(15)18-11(16)12-7-8-13(2)3/h5-6H,4,7-8H2,1-3H3,(H,12,16)/b6-5+. The van der Waals surface area contributed by atoms with Crippen LogP contribution >= 0.6 is 0 Å². The van der Waals surface area contributed by atoms with Gasteiger partial charge in [0.1, 0.15) is 0 Å². The van der Waals surface area contributed by atoms with Crippen molar-refractivity contribution in [1.29, 1.82) is 0 Å². The van der Waals surface area contributed by atoms with Crippen molar-refractivity contribution < 1.29 is 23.9 Å². The molecular formula is C11H18N2O5. The van der Waals surface area contributed by atoms with Crippen molar-refractivity contribution in [2.75, 3.05) is 33.8 Å². The van der Waals surface area contributed by atoms with E-state index >= 15 is 0 Å². The second kappa shape index (κ2) is 9.17. The zero-order valence-electron chi connectivity index (χ0n) is 10.8. The topological polar surface area (TPSA) is 84.9 Å². The average molecular weight is 258 g/mol. The molecular weight excluding hydrogens is 240 g/mol. The zero-order chi connectivity index (χ0) is 14.0. The molecule has 1 amide bonds. The van der Waals surface area contributed by atoms with Crippen LogP contribution in [0, 0.1) is 0 Å². The van der Waals surface area contributed by atoms with E-state index in [9.17, 15) is 14.4 Å². The van der Waals surface area contributed by atoms with Gasteiger partial charge in [0.2, 0.25) is 0 Å². The molecule has 0 saturated carbocycles. The van der Waals surface area contributed by atoms with Gasteiger partial charge in [-0.05, 0) is 21.0 Å². The molecule has 0 atom stereocenters. The Bertz CT molecular complexity index is 325. The van der Waals surface area contributed by atoms with Gasteiger partial charge in [-0.3, -0.25) is 0 Å². The second-order valence-corrected chi connectivity index (χ2v) is 3.52. The first-order valence-electron chi connectivity index (χ1n) is 5.45. The molecule has 0 aliphatic carbocycles. The third-order valence-corrected chi connectivity index (χ3v) is 1.66. The molecule has 18 heavy (non-hydrogen) atoms. The lowest BCUT2D eigenvalue weighted by atomic mass is 10.5. The van der Waals surface area contributed by atoms with E-state index in [0.29, 0.717) is 13.1 Å². The summed E-state index contributed by atoms with van der Waals surface area (Å²) < 4.78 is 8.91. The Balaban J connectivity index is 3.87. The van der Waals surface area contributed by atoms with Crippen LogP contribution in [0.1, 0.15) is 6.92 Å². The number of rotatable bonds is 6. The van der Waals surface area contributed by atoms with Crippen LogP contribution in [0.4, 0.5) is 4.79 Å². The molecule has 0 saturated heterocycles. The van der Waals surface area contributed by atoms with Gasteiger partial charge < -0.3 is 19.7 Å². The van der Waals surface area contributed by atoms with Crippen LogP contribution in [0.5, 0.6) is 0 Å². The summed E-state index contributed by atoms with van der Waals surface area (Å²) in [7, 11) is 3.69. The number of ether oxygens (including phenoxy) is 2. The first-order valence-corrected chi connectivity index (χ1v) is 5.45. The number of esters is 2. The molecule has 0 radical (unpaired) electrons. The van der Waals surface area contributed by atoms with E-state index in [2.05, 4.69) is 14.8 Å². The molecule has 0 heterocycles. The van der Waals surface area contributed by atoms with E-state index in [1.54, 1.807) is 6.92 Å². The van der Waals surface area contributed by atoms with Crippen LogP contribution in [0.2, 0.25) is 0 Å². The van der Waals surface area contributed by atoms with Crippen LogP contribution in [-0.4, -0.2) is 56.7 Å². The highest BCUT2D eigenvalue weighted by Gasteiger charge is 2.07. The lowest BCUT2D eigenvalue weighted by Gasteiger charge is -2.09. The minimum atomic E-state index is -0.926. The number of hydrogen-bond acceptors (Lipinski definition) is 6. The normalized spacial score (nSPS) is 10.4. The third kappa shape index (κ3) is 9.34. The Morgan fingerprint density at radius 1 is 1.17 bits per heavy atom. The van der Waals surface area contributed by atoms with E-state index in [1.807, 2.05) is 19.0 Å². The van der Waals surface area contributed by atoms with Gasteiger partial charge in [0.05, 0.1) is 6.61 Å². The molecule has 0 aliphatic rings. The molecule has 0 aromatic carbocycles. The van der Waals surface area contributed by atoms with Crippen molar-refractivity contribution in [3.05, 3.63) is 12.2 Å². The van der Waals surface area contributed by atoms with Gasteiger partial charge in [-0.1, -0.05) is 0 Å². The molecule has 7 heteroatoms. The number of alkyl carbamates (subject to hydrolysis) is 1. The molecule has 0 rings (SSSR count). The molecule has 0 aliphatic heterocycles. The van der Waals surface area contributed by atoms with Crippen molar-refractivity contribution in [2.45, 2.75) is 6.92 Å². The third-order valence-electron chi connectivity index (χ3n) is 1.66. The first kappa shape index (κ1) is 16.1. The summed E-state index contributed by atoms with van der Waals surface area (Å²) in [4.78, 5) is 34.9. The number of carbonyl (C=O) groups excluding carboxylic acids is 3. The number of hydrogen-bond donors (Lipinski definition) is 1. The van der Waals surface area contributed by atoms with Gasteiger partial charge >= 0.3 is 18.0 Å². The fourth-order valence-electron chi connectivity index (χ4n) is 0.869. The van der Waals surface area contributed by atoms with Gasteiger partial charge in [-0.2, -0.15) is 0 Å². The Labute approximate surface area is 106 Å². The Hall–Kier alpha value is -1.89. The van der Waals surface area contributed by atoms with Crippen LogP contribution in [0.15, 0.2) is 12.2 Å². The molecule has 0 aromatic heterocycles. The molecule has 0 spiro atoms. The van der Waals surface area contributed by atoms with Gasteiger partial charge in [-0.15, -0.1) is 0 Å². The van der Waals surface area contributed by atoms with Gasteiger partial charge in [-0.25, -0.2) is 14.4 Å². The number of nitrogens with one attached hydrogen (secondary N) is 1. The molecule has 0 unspecified atom stereocenters. The number of amides is 1. The summed E-state index contributed by atoms with van der Waals surface area (Å²) in [5, 5.41) is 2.38. The van der Waals surface area contributed by atoms with Gasteiger partial charge in [0.15, 0.2) is 0 Å². The number of carbonyl (C=O) groups is 3. The first-order chi connectivity index (χ1) is 8.45. The summed E-state index contributed by atoms with van der Waals surface area (Å²) in [5.41, 5.74) is 0. The van der Waals surface area contributed by atoms with Crippen molar-refractivity contribution in [2.24, 2.45) is 0 Å². The summed E-state index contributed by atoms with van der Waals surface area (Å²) in [6, 6.07) is 0. The highest BCUT2D eigenvalue weighted by Crippen LogP contribution is 1.86. The molecule has 0 bridgehead atoms. The average Bonchev–Trinajstić information content (AvgIpc) is 2.26. The molecule has 0 aromatic rings. The highest BCUT2D eigenvalue weighted by atomic mass is 16.6. The summed E-state index contributed by atoms with van der Waals surface area (Å²) >= 11 is 0. The highest BCUT2D eigenvalue weighted by molar-refractivity contribution is 5.96. The molecule has 102 valence electrons. The summed E-state index contributed by atoms with van der Waals surface area (Å²) in [5.74, 6) is -1.59. The van der Waals surface area contributed by atoms with E-state index in [-0.39, 0.29) is 6.61 Å². The van der Waals surface area contributed by atoms with Crippen molar-refractivity contribution in [3.63, 3.8) is 0 Å². The Morgan fingerprint density at radius 3 is 2.33 bits per heavy atom. The van der Waals surface area contributed by atoms with Crippen LogP contribution < -0.4 is 5.32 Å². The molecule has 7 nitrogen and oxygen atoms in total. The van der Waals surface area contributed by atoms with E-state index < -0.39 is 18.0 Å². The second-order valence-electron chi connectivity index (χ2n) is 3.52. The van der Waals surface area contributed by atoms with Crippen LogP contribution in [0.3, 0.4) is 0 Å². The van der Waals surface area contributed by atoms with Crippen LogP contribution in [-0.2, 0) is 19.1 Å². The fourth-order valence-corrected chi connectivity index (χ4v) is 0.869. The largest absolute Gasteiger partial charge is 0.463 e.